The first kappa shape index (κ1) is 22.2. The summed E-state index contributed by atoms with van der Waals surface area (Å²) < 4.78 is 2.54. The lowest BCUT2D eigenvalue weighted by Crippen LogP contribution is -2.13. The Bertz CT molecular complexity index is 1240. The van der Waals surface area contributed by atoms with Crippen LogP contribution in [-0.2, 0) is 4.79 Å². The molecular weight excluding hydrogens is 492 g/mol. The van der Waals surface area contributed by atoms with Gasteiger partial charge in [-0.05, 0) is 49.4 Å². The van der Waals surface area contributed by atoms with Gasteiger partial charge in [0.1, 0.15) is 5.01 Å². The molecule has 11 heteroatoms. The number of nitrogens with zero attached hydrogens (tertiary/aromatic N) is 3. The van der Waals surface area contributed by atoms with Crippen LogP contribution in [0.1, 0.15) is 15.4 Å². The molecule has 2 aromatic heterocycles. The van der Waals surface area contributed by atoms with Crippen molar-refractivity contribution in [1.82, 2.24) is 15.2 Å². The molecule has 6 nitrogen and oxygen atoms in total. The van der Waals surface area contributed by atoms with E-state index in [-0.39, 0.29) is 17.4 Å². The zero-order chi connectivity index (χ0) is 21.8. The second kappa shape index (κ2) is 10.1. The Morgan fingerprint density at radius 2 is 1.77 bits per heavy atom. The van der Waals surface area contributed by atoms with Crippen molar-refractivity contribution in [2.45, 2.75) is 15.6 Å². The lowest BCUT2D eigenvalue weighted by Gasteiger charge is -2.03. The number of amides is 1. The second-order valence-corrected chi connectivity index (χ2v) is 11.4. The van der Waals surface area contributed by atoms with Crippen molar-refractivity contribution in [3.05, 3.63) is 58.1 Å². The maximum atomic E-state index is 12.3. The third-order valence-corrected chi connectivity index (χ3v) is 8.36. The minimum Gasteiger partial charge on any atom is -0.325 e. The molecule has 1 amide bonds. The molecule has 0 fully saturated rings. The van der Waals surface area contributed by atoms with Gasteiger partial charge in [-0.2, -0.15) is 0 Å². The molecule has 158 valence electrons. The normalized spacial score (nSPS) is 11.0. The molecule has 0 aliphatic heterocycles. The van der Waals surface area contributed by atoms with Crippen LogP contribution in [0.25, 0.3) is 10.2 Å². The van der Waals surface area contributed by atoms with Crippen LogP contribution < -0.4 is 5.32 Å². The number of benzene rings is 2. The molecular formula is C20H15ClN4O2S4. The van der Waals surface area contributed by atoms with Gasteiger partial charge in [0.2, 0.25) is 5.91 Å². The Morgan fingerprint density at radius 1 is 1.00 bits per heavy atom. The summed E-state index contributed by atoms with van der Waals surface area (Å²) in [7, 11) is 0. The van der Waals surface area contributed by atoms with Crippen LogP contribution in [0, 0.1) is 6.92 Å². The number of carbonyl (C=O) groups is 2. The van der Waals surface area contributed by atoms with Crippen molar-refractivity contribution in [2.75, 3.05) is 16.8 Å². The van der Waals surface area contributed by atoms with Crippen molar-refractivity contribution in [3.8, 4) is 0 Å². The van der Waals surface area contributed by atoms with E-state index in [9.17, 15) is 9.59 Å². The fourth-order valence-electron chi connectivity index (χ4n) is 2.55. The number of hydrogen-bond acceptors (Lipinski definition) is 9. The average Bonchev–Trinajstić information content (AvgIpc) is 3.36. The van der Waals surface area contributed by atoms with E-state index < -0.39 is 0 Å². The fourth-order valence-corrected chi connectivity index (χ4v) is 6.29. The molecule has 0 unspecified atom stereocenters. The Kier molecular flexibility index (Phi) is 7.24. The summed E-state index contributed by atoms with van der Waals surface area (Å²) >= 11 is 11.6. The van der Waals surface area contributed by atoms with E-state index in [1.54, 1.807) is 24.3 Å². The Morgan fingerprint density at radius 3 is 2.52 bits per heavy atom. The summed E-state index contributed by atoms with van der Waals surface area (Å²) in [5.74, 6) is 0.485. The van der Waals surface area contributed by atoms with Crippen LogP contribution in [0.2, 0.25) is 5.02 Å². The molecule has 0 bridgehead atoms. The van der Waals surface area contributed by atoms with Crippen LogP contribution in [0.4, 0.5) is 5.69 Å². The Balaban J connectivity index is 1.34. The number of thioether (sulfide) groups is 2. The van der Waals surface area contributed by atoms with Gasteiger partial charge in [-0.25, -0.2) is 4.98 Å². The van der Waals surface area contributed by atoms with Crippen LogP contribution in [0.3, 0.4) is 0 Å². The van der Waals surface area contributed by atoms with Gasteiger partial charge in [-0.1, -0.05) is 46.5 Å². The number of aryl methyl sites for hydroxylation is 1. The zero-order valence-electron chi connectivity index (χ0n) is 16.1. The smallest absolute Gasteiger partial charge is 0.234 e. The van der Waals surface area contributed by atoms with E-state index in [4.69, 9.17) is 11.6 Å². The highest BCUT2D eigenvalue weighted by molar-refractivity contribution is 8.02. The first-order chi connectivity index (χ1) is 15.0. The lowest BCUT2D eigenvalue weighted by molar-refractivity contribution is -0.113. The molecule has 0 aliphatic rings. The predicted octanol–water partition coefficient (Wildman–Crippen LogP) is 5.82. The molecule has 0 atom stereocenters. The highest BCUT2D eigenvalue weighted by Crippen LogP contribution is 2.32. The summed E-state index contributed by atoms with van der Waals surface area (Å²) in [6, 6.07) is 12.5. The maximum absolute atomic E-state index is 12.3. The van der Waals surface area contributed by atoms with Gasteiger partial charge in [0.15, 0.2) is 14.5 Å². The zero-order valence-corrected chi connectivity index (χ0v) is 20.1. The molecule has 1 N–H and O–H groups in total. The van der Waals surface area contributed by atoms with Crippen LogP contribution in [0.15, 0.2) is 51.1 Å². The number of fused-ring (bicyclic) bond motifs is 1. The molecule has 4 rings (SSSR count). The standard InChI is InChI=1S/C20H15ClN4O2S4/c1-11-24-25-20(30-11)29-10-18(27)22-14-6-7-15-17(8-14)31-19(23-15)28-9-16(26)12-2-4-13(21)5-3-12/h2-8H,9-10H2,1H3,(H,22,27). The van der Waals surface area contributed by atoms with Gasteiger partial charge in [-0.3, -0.25) is 9.59 Å². The van der Waals surface area contributed by atoms with Gasteiger partial charge in [0.05, 0.1) is 21.7 Å². The summed E-state index contributed by atoms with van der Waals surface area (Å²) in [6.07, 6.45) is 0. The Hall–Kier alpha value is -1.98. The fraction of sp³-hybridized carbons (Fsp3) is 0.150. The molecule has 0 aliphatic carbocycles. The third-order valence-electron chi connectivity index (χ3n) is 3.98. The predicted molar refractivity (Wildman–Crippen MR) is 130 cm³/mol. The number of Topliss-reactive ketones (excluding diaryl/α,β-unsaturated/α-hetero) is 1. The minimum absolute atomic E-state index is 0.0250. The molecule has 2 aromatic carbocycles. The average molecular weight is 507 g/mol. The summed E-state index contributed by atoms with van der Waals surface area (Å²) in [5, 5.41) is 12.3. The number of thiazole rings is 1. The number of anilines is 1. The van der Waals surface area contributed by atoms with Gasteiger partial charge >= 0.3 is 0 Å². The first-order valence-electron chi connectivity index (χ1n) is 9.01. The second-order valence-electron chi connectivity index (χ2n) is 6.30. The topological polar surface area (TPSA) is 84.8 Å². The summed E-state index contributed by atoms with van der Waals surface area (Å²) in [6.45, 7) is 1.88. The summed E-state index contributed by atoms with van der Waals surface area (Å²) in [4.78, 5) is 29.1. The lowest BCUT2D eigenvalue weighted by atomic mass is 10.1. The molecule has 0 saturated carbocycles. The SMILES string of the molecule is Cc1nnc(SCC(=O)Nc2ccc3nc(SCC(=O)c4ccc(Cl)cc4)sc3c2)s1. The summed E-state index contributed by atoms with van der Waals surface area (Å²) in [5.41, 5.74) is 2.18. The number of halogens is 1. The van der Waals surface area contributed by atoms with Gasteiger partial charge in [0, 0.05) is 16.3 Å². The molecule has 31 heavy (non-hydrogen) atoms. The highest BCUT2D eigenvalue weighted by atomic mass is 35.5. The molecule has 2 heterocycles. The minimum atomic E-state index is -0.107. The third kappa shape index (κ3) is 6.05. The molecule has 0 saturated heterocycles. The highest BCUT2D eigenvalue weighted by Gasteiger charge is 2.12. The number of hydrogen-bond donors (Lipinski definition) is 1. The maximum Gasteiger partial charge on any atom is 0.234 e. The van der Waals surface area contributed by atoms with Crippen LogP contribution in [-0.4, -0.2) is 38.4 Å². The van der Waals surface area contributed by atoms with Crippen molar-refractivity contribution >= 4 is 85.4 Å². The van der Waals surface area contributed by atoms with Crippen molar-refractivity contribution in [3.63, 3.8) is 0 Å². The first-order valence-corrected chi connectivity index (χ1v) is 13.0. The van der Waals surface area contributed by atoms with Crippen LogP contribution >= 0.6 is 57.8 Å². The van der Waals surface area contributed by atoms with Gasteiger partial charge in [0.25, 0.3) is 0 Å². The number of ketones is 1. The Labute approximate surface area is 199 Å². The molecule has 0 spiro atoms. The van der Waals surface area contributed by atoms with E-state index in [2.05, 4.69) is 20.5 Å². The van der Waals surface area contributed by atoms with Crippen LogP contribution in [0.5, 0.6) is 0 Å². The van der Waals surface area contributed by atoms with Crippen molar-refractivity contribution < 1.29 is 9.59 Å². The largest absolute Gasteiger partial charge is 0.325 e. The van der Waals surface area contributed by atoms with E-state index in [1.165, 1.54) is 46.2 Å². The van der Waals surface area contributed by atoms with E-state index >= 15 is 0 Å². The number of rotatable bonds is 8. The van der Waals surface area contributed by atoms with E-state index in [1.807, 2.05) is 25.1 Å². The molecule has 4 aromatic rings. The number of nitrogens with one attached hydrogen (secondary N) is 1. The van der Waals surface area contributed by atoms with Crippen molar-refractivity contribution in [1.29, 1.82) is 0 Å². The van der Waals surface area contributed by atoms with Crippen molar-refractivity contribution in [2.24, 2.45) is 0 Å². The van der Waals surface area contributed by atoms with Gasteiger partial charge < -0.3 is 5.32 Å². The quantitative estimate of drug-likeness (QED) is 0.238. The number of carbonyl (C=O) groups excluding carboxylic acids is 2. The number of aromatic nitrogens is 3. The van der Waals surface area contributed by atoms with Gasteiger partial charge in [-0.15, -0.1) is 21.5 Å². The van der Waals surface area contributed by atoms with E-state index in [0.29, 0.717) is 22.0 Å². The van der Waals surface area contributed by atoms with E-state index in [0.717, 1.165) is 23.9 Å². The molecule has 0 radical (unpaired) electrons. The monoisotopic (exact) mass is 506 g/mol.